The van der Waals surface area contributed by atoms with Crippen LogP contribution in [0.2, 0.25) is 0 Å². The standard InChI is InChI=1S/C40H35NO2/c1-7-41-35-14-12-26(18-32-38(42)30-20-27-10-8-9-11-28(27)21-31(30)39(32)43)19-33(35)40(5,6)34-22-29(13-15-36(34)41)37-24(3)16-23(2)17-25(37)4/h8-22H,7H2,1-6H3. The number of hydrogen-bond donors (Lipinski definition) is 0. The van der Waals surface area contributed by atoms with E-state index >= 15 is 0 Å². The van der Waals surface area contributed by atoms with Crippen LogP contribution in [0, 0.1) is 20.8 Å². The topological polar surface area (TPSA) is 37.4 Å². The second kappa shape index (κ2) is 9.64. The first kappa shape index (κ1) is 27.1. The minimum atomic E-state index is -0.294. The summed E-state index contributed by atoms with van der Waals surface area (Å²) in [6.45, 7) is 14.1. The first-order chi connectivity index (χ1) is 20.6. The molecule has 0 N–H and O–H groups in total. The largest absolute Gasteiger partial charge is 0.341 e. The van der Waals surface area contributed by atoms with Gasteiger partial charge >= 0.3 is 0 Å². The van der Waals surface area contributed by atoms with Crippen molar-refractivity contribution in [3.05, 3.63) is 135 Å². The second-order valence-corrected chi connectivity index (χ2v) is 12.6. The van der Waals surface area contributed by atoms with Crippen LogP contribution < -0.4 is 4.90 Å². The lowest BCUT2D eigenvalue weighted by Gasteiger charge is -2.42. The summed E-state index contributed by atoms with van der Waals surface area (Å²) in [6.07, 6.45) is 1.78. The summed E-state index contributed by atoms with van der Waals surface area (Å²) in [5, 5.41) is 1.93. The summed E-state index contributed by atoms with van der Waals surface area (Å²) in [5.74, 6) is -0.395. The smallest absolute Gasteiger partial charge is 0.197 e. The average Bonchev–Trinajstić information content (AvgIpc) is 3.20. The molecular formula is C40H35NO2. The quantitative estimate of drug-likeness (QED) is 0.163. The molecule has 2 aliphatic rings. The van der Waals surface area contributed by atoms with Crippen LogP contribution in [-0.4, -0.2) is 18.1 Å². The lowest BCUT2D eigenvalue weighted by Crippen LogP contribution is -2.33. The molecule has 3 nitrogen and oxygen atoms in total. The summed E-state index contributed by atoms with van der Waals surface area (Å²) >= 11 is 0. The van der Waals surface area contributed by atoms with Crippen LogP contribution in [0.3, 0.4) is 0 Å². The molecule has 1 aliphatic heterocycles. The van der Waals surface area contributed by atoms with Crippen LogP contribution in [0.1, 0.15) is 74.9 Å². The molecule has 43 heavy (non-hydrogen) atoms. The Labute approximate surface area is 253 Å². The van der Waals surface area contributed by atoms with Gasteiger partial charge in [-0.15, -0.1) is 0 Å². The number of anilines is 2. The van der Waals surface area contributed by atoms with Gasteiger partial charge in [0.15, 0.2) is 11.6 Å². The van der Waals surface area contributed by atoms with Gasteiger partial charge in [-0.05, 0) is 120 Å². The molecule has 7 rings (SSSR count). The maximum absolute atomic E-state index is 13.5. The first-order valence-electron chi connectivity index (χ1n) is 15.1. The number of rotatable bonds is 3. The molecule has 0 spiro atoms. The Bertz CT molecular complexity index is 1980. The van der Waals surface area contributed by atoms with Gasteiger partial charge < -0.3 is 4.90 Å². The molecule has 212 valence electrons. The molecular weight excluding hydrogens is 526 g/mol. The second-order valence-electron chi connectivity index (χ2n) is 12.6. The molecule has 0 saturated carbocycles. The number of carbonyl (C=O) groups excluding carboxylic acids is 2. The minimum absolute atomic E-state index is 0.197. The average molecular weight is 562 g/mol. The molecule has 5 aromatic carbocycles. The lowest BCUT2D eigenvalue weighted by molar-refractivity contribution is 0.0990. The van der Waals surface area contributed by atoms with Crippen molar-refractivity contribution in [1.29, 1.82) is 0 Å². The van der Waals surface area contributed by atoms with Crippen molar-refractivity contribution >= 4 is 39.8 Å². The Balaban J connectivity index is 1.33. The van der Waals surface area contributed by atoms with Crippen molar-refractivity contribution < 1.29 is 9.59 Å². The van der Waals surface area contributed by atoms with Crippen molar-refractivity contribution in [1.82, 2.24) is 0 Å². The molecule has 0 saturated heterocycles. The number of hydrogen-bond acceptors (Lipinski definition) is 3. The van der Waals surface area contributed by atoms with Gasteiger partial charge in [0.1, 0.15) is 0 Å². The Morgan fingerprint density at radius 3 is 1.84 bits per heavy atom. The predicted octanol–water partition coefficient (Wildman–Crippen LogP) is 9.69. The summed E-state index contributed by atoms with van der Waals surface area (Å²) in [5.41, 5.74) is 13.0. The van der Waals surface area contributed by atoms with Crippen molar-refractivity contribution in [2.75, 3.05) is 11.4 Å². The van der Waals surface area contributed by atoms with Gasteiger partial charge in [-0.2, -0.15) is 0 Å². The highest BCUT2D eigenvalue weighted by Gasteiger charge is 2.37. The molecule has 1 aliphatic carbocycles. The number of fused-ring (bicyclic) bond motifs is 4. The van der Waals surface area contributed by atoms with E-state index in [0.29, 0.717) is 11.1 Å². The fraction of sp³-hybridized carbons (Fsp3) is 0.200. The third-order valence-electron chi connectivity index (χ3n) is 9.40. The normalized spacial score (nSPS) is 15.0. The Morgan fingerprint density at radius 2 is 1.26 bits per heavy atom. The zero-order chi connectivity index (χ0) is 30.2. The molecule has 0 fully saturated rings. The summed E-state index contributed by atoms with van der Waals surface area (Å²) in [7, 11) is 0. The number of benzene rings is 5. The van der Waals surface area contributed by atoms with Gasteiger partial charge in [-0.3, -0.25) is 9.59 Å². The molecule has 0 bridgehead atoms. The van der Waals surface area contributed by atoms with Crippen LogP contribution in [0.25, 0.3) is 28.0 Å². The van der Waals surface area contributed by atoms with Crippen molar-refractivity contribution in [3.63, 3.8) is 0 Å². The van der Waals surface area contributed by atoms with Gasteiger partial charge in [0, 0.05) is 34.5 Å². The van der Waals surface area contributed by atoms with Gasteiger partial charge in [0.25, 0.3) is 0 Å². The number of carbonyl (C=O) groups is 2. The SMILES string of the molecule is CCN1c2ccc(C=C3C(=O)c4cc5ccccc5cc4C3=O)cc2C(C)(C)c2cc(-c3c(C)cc(C)cc3C)ccc21. The Hall–Kier alpha value is -4.76. The monoisotopic (exact) mass is 561 g/mol. The summed E-state index contributed by atoms with van der Waals surface area (Å²) in [4.78, 5) is 29.3. The highest BCUT2D eigenvalue weighted by atomic mass is 16.2. The van der Waals surface area contributed by atoms with Gasteiger partial charge in [0.2, 0.25) is 0 Å². The highest BCUT2D eigenvalue weighted by Crippen LogP contribution is 2.50. The van der Waals surface area contributed by atoms with Crippen LogP contribution in [0.5, 0.6) is 0 Å². The number of allylic oxidation sites excluding steroid dienone is 1. The van der Waals surface area contributed by atoms with E-state index < -0.39 is 0 Å². The Morgan fingerprint density at radius 1 is 0.698 bits per heavy atom. The van der Waals surface area contributed by atoms with E-state index in [1.807, 2.05) is 42.5 Å². The van der Waals surface area contributed by atoms with Crippen LogP contribution in [0.15, 0.2) is 90.5 Å². The molecule has 5 aromatic rings. The Kier molecular flexibility index (Phi) is 6.07. The molecule has 0 amide bonds. The molecule has 0 unspecified atom stereocenters. The van der Waals surface area contributed by atoms with Crippen molar-refractivity contribution in [2.24, 2.45) is 0 Å². The van der Waals surface area contributed by atoms with Crippen LogP contribution in [0.4, 0.5) is 11.4 Å². The molecule has 3 heteroatoms. The molecule has 0 aromatic heterocycles. The fourth-order valence-corrected chi connectivity index (χ4v) is 7.36. The fourth-order valence-electron chi connectivity index (χ4n) is 7.36. The van der Waals surface area contributed by atoms with Crippen molar-refractivity contribution in [3.8, 4) is 11.1 Å². The van der Waals surface area contributed by atoms with E-state index in [9.17, 15) is 9.59 Å². The molecule has 0 radical (unpaired) electrons. The van der Waals surface area contributed by atoms with E-state index in [0.717, 1.165) is 28.6 Å². The zero-order valence-corrected chi connectivity index (χ0v) is 25.6. The zero-order valence-electron chi connectivity index (χ0n) is 25.6. The van der Waals surface area contributed by atoms with Gasteiger partial charge in [-0.1, -0.05) is 67.9 Å². The van der Waals surface area contributed by atoms with Gasteiger partial charge in [-0.25, -0.2) is 0 Å². The summed E-state index contributed by atoms with van der Waals surface area (Å²) < 4.78 is 0. The van der Waals surface area contributed by atoms with Gasteiger partial charge in [0.05, 0.1) is 5.57 Å². The molecule has 0 atom stereocenters. The lowest BCUT2D eigenvalue weighted by atomic mass is 9.72. The van der Waals surface area contributed by atoms with Crippen molar-refractivity contribution in [2.45, 2.75) is 47.0 Å². The van der Waals surface area contributed by atoms with E-state index in [-0.39, 0.29) is 22.6 Å². The van der Waals surface area contributed by atoms with Crippen LogP contribution in [-0.2, 0) is 5.41 Å². The maximum Gasteiger partial charge on any atom is 0.197 e. The first-order valence-corrected chi connectivity index (χ1v) is 15.1. The van der Waals surface area contributed by atoms with E-state index in [2.05, 4.69) is 88.9 Å². The maximum atomic E-state index is 13.5. The highest BCUT2D eigenvalue weighted by molar-refractivity contribution is 6.42. The number of aryl methyl sites for hydroxylation is 3. The predicted molar refractivity (Wildman–Crippen MR) is 178 cm³/mol. The minimum Gasteiger partial charge on any atom is -0.341 e. The number of nitrogens with zero attached hydrogens (tertiary/aromatic N) is 1. The third-order valence-corrected chi connectivity index (χ3v) is 9.40. The third kappa shape index (κ3) is 4.10. The van der Waals surface area contributed by atoms with Crippen LogP contribution >= 0.6 is 0 Å². The van der Waals surface area contributed by atoms with E-state index in [4.69, 9.17) is 0 Å². The number of Topliss-reactive ketones (excluding diaryl/α,β-unsaturated/α-hetero) is 2. The summed E-state index contributed by atoms with van der Waals surface area (Å²) in [6, 6.07) is 29.3. The molecule has 1 heterocycles. The van der Waals surface area contributed by atoms with E-state index in [1.165, 1.54) is 44.6 Å². The number of ketones is 2. The van der Waals surface area contributed by atoms with E-state index in [1.54, 1.807) is 6.08 Å².